The largest absolute Gasteiger partial charge is 0.459 e. The molecule has 1 fully saturated rings. The van der Waals surface area contributed by atoms with E-state index in [1.807, 2.05) is 13.8 Å². The molecule has 0 amide bonds. The van der Waals surface area contributed by atoms with Crippen molar-refractivity contribution in [2.24, 2.45) is 0 Å². The number of hydrogen-bond donors (Lipinski definition) is 0. The summed E-state index contributed by atoms with van der Waals surface area (Å²) in [6, 6.07) is 15.2. The molecule has 1 aromatic heterocycles. The van der Waals surface area contributed by atoms with Crippen molar-refractivity contribution in [3.05, 3.63) is 93.4 Å². The molecule has 0 bridgehead atoms. The van der Waals surface area contributed by atoms with E-state index < -0.39 is 0 Å². The van der Waals surface area contributed by atoms with Gasteiger partial charge in [0.15, 0.2) is 0 Å². The van der Waals surface area contributed by atoms with E-state index in [1.54, 1.807) is 30.5 Å². The van der Waals surface area contributed by atoms with E-state index in [2.05, 4.69) is 37.9 Å². The Morgan fingerprint density at radius 3 is 2.58 bits per heavy atom. The Morgan fingerprint density at radius 1 is 1.00 bits per heavy atom. The van der Waals surface area contributed by atoms with Gasteiger partial charge in [-0.1, -0.05) is 35.9 Å². The Bertz CT molecular complexity index is 1270. The van der Waals surface area contributed by atoms with Gasteiger partial charge in [-0.3, -0.25) is 9.80 Å². The van der Waals surface area contributed by atoms with Gasteiger partial charge < -0.3 is 9.64 Å². The molecule has 0 spiro atoms. The van der Waals surface area contributed by atoms with E-state index in [0.717, 1.165) is 52.2 Å². The number of pyridine rings is 1. The Balaban J connectivity index is 1.17. The third-order valence-corrected chi connectivity index (χ3v) is 7.59. The summed E-state index contributed by atoms with van der Waals surface area (Å²) in [6.45, 7) is 10.2. The molecule has 0 aliphatic carbocycles. The third kappa shape index (κ3) is 6.17. The second-order valence-corrected chi connectivity index (χ2v) is 10.8. The van der Waals surface area contributed by atoms with Crippen LogP contribution in [0.15, 0.2) is 54.7 Å². The van der Waals surface area contributed by atoms with Gasteiger partial charge in [-0.05, 0) is 61.2 Å². The van der Waals surface area contributed by atoms with Crippen molar-refractivity contribution >= 4 is 23.4 Å². The Kier molecular flexibility index (Phi) is 8.27. The molecule has 8 heteroatoms. The number of carbonyl (C=O) groups is 1. The molecule has 3 heterocycles. The number of anilines is 1. The van der Waals surface area contributed by atoms with Crippen molar-refractivity contribution in [2.75, 3.05) is 37.6 Å². The molecule has 2 aliphatic rings. The summed E-state index contributed by atoms with van der Waals surface area (Å²) >= 11 is 6.25. The average Bonchev–Trinajstić information content (AvgIpc) is 2.91. The van der Waals surface area contributed by atoms with E-state index >= 15 is 0 Å². The molecule has 1 saturated heterocycles. The summed E-state index contributed by atoms with van der Waals surface area (Å²) in [5, 5.41) is 0.487. The molecule has 0 N–H and O–H groups in total. The van der Waals surface area contributed by atoms with E-state index in [0.29, 0.717) is 28.5 Å². The maximum Gasteiger partial charge on any atom is 0.342 e. The van der Waals surface area contributed by atoms with E-state index in [-0.39, 0.29) is 17.9 Å². The first kappa shape index (κ1) is 26.6. The summed E-state index contributed by atoms with van der Waals surface area (Å²) in [6.07, 6.45) is 2.50. The first-order valence-corrected chi connectivity index (χ1v) is 13.6. The lowest BCUT2D eigenvalue weighted by atomic mass is 9.96. The molecule has 5 rings (SSSR count). The minimum atomic E-state index is -0.324. The van der Waals surface area contributed by atoms with Crippen LogP contribution >= 0.6 is 11.6 Å². The van der Waals surface area contributed by atoms with Gasteiger partial charge in [-0.2, -0.15) is 0 Å². The predicted octanol–water partition coefficient (Wildman–Crippen LogP) is 5.32. The van der Waals surface area contributed by atoms with Crippen LogP contribution in [0.1, 0.15) is 46.5 Å². The van der Waals surface area contributed by atoms with Gasteiger partial charge in [-0.15, -0.1) is 0 Å². The number of aromatic nitrogens is 1. The highest BCUT2D eigenvalue weighted by Gasteiger charge is 2.24. The molecule has 200 valence electrons. The Morgan fingerprint density at radius 2 is 1.82 bits per heavy atom. The van der Waals surface area contributed by atoms with Gasteiger partial charge in [0.2, 0.25) is 0 Å². The lowest BCUT2D eigenvalue weighted by Crippen LogP contribution is -2.46. The molecule has 0 saturated carbocycles. The van der Waals surface area contributed by atoms with Crippen LogP contribution in [0.25, 0.3) is 0 Å². The van der Waals surface area contributed by atoms with Crippen molar-refractivity contribution in [3.8, 4) is 0 Å². The highest BCUT2D eigenvalue weighted by Crippen LogP contribution is 2.27. The van der Waals surface area contributed by atoms with Gasteiger partial charge in [0.05, 0.1) is 6.10 Å². The smallest absolute Gasteiger partial charge is 0.342 e. The lowest BCUT2D eigenvalue weighted by Gasteiger charge is -2.36. The molecule has 0 atom stereocenters. The first-order valence-electron chi connectivity index (χ1n) is 13.3. The second kappa shape index (κ2) is 11.8. The number of nitrogens with zero attached hydrogens (tertiary/aromatic N) is 4. The highest BCUT2D eigenvalue weighted by molar-refractivity contribution is 6.31. The zero-order chi connectivity index (χ0) is 26.6. The fourth-order valence-electron chi connectivity index (χ4n) is 5.27. The molecule has 0 radical (unpaired) electrons. The number of halogens is 2. The normalized spacial score (nSPS) is 16.5. The predicted molar refractivity (Wildman–Crippen MR) is 148 cm³/mol. The summed E-state index contributed by atoms with van der Waals surface area (Å²) in [4.78, 5) is 23.9. The number of carbonyl (C=O) groups excluding carboxylic acids is 1. The zero-order valence-electron chi connectivity index (χ0n) is 22.0. The monoisotopic (exact) mass is 536 g/mol. The third-order valence-electron chi connectivity index (χ3n) is 7.23. The SMILES string of the molecule is CC(C)OC(=O)c1cccnc1N1CCN(Cc2ccc3c(c2)CCN(Cc2c(F)cccc2Cl)C3)CC1. The number of hydrogen-bond acceptors (Lipinski definition) is 6. The molecule has 0 unspecified atom stereocenters. The molecule has 2 aromatic carbocycles. The number of fused-ring (bicyclic) bond motifs is 1. The quantitative estimate of drug-likeness (QED) is 0.381. The number of piperazine rings is 1. The number of benzene rings is 2. The standard InChI is InChI=1S/C30H34ClFN4O2/c1-21(2)38-30(37)25-5-4-11-33-29(25)36-15-13-34(14-16-36)18-22-8-9-24-19-35(12-10-23(24)17-22)20-26-27(31)6-3-7-28(26)32/h3-9,11,17,21H,10,12-16,18-20H2,1-2H3. The number of rotatable bonds is 7. The topological polar surface area (TPSA) is 48.9 Å². The van der Waals surface area contributed by atoms with Crippen LogP contribution in [-0.2, 0) is 30.8 Å². The molecule has 38 heavy (non-hydrogen) atoms. The second-order valence-electron chi connectivity index (χ2n) is 10.4. The molecule has 3 aromatic rings. The van der Waals surface area contributed by atoms with Crippen LogP contribution in [0.4, 0.5) is 10.2 Å². The van der Waals surface area contributed by atoms with E-state index in [1.165, 1.54) is 22.8 Å². The minimum Gasteiger partial charge on any atom is -0.459 e. The van der Waals surface area contributed by atoms with Crippen molar-refractivity contribution < 1.29 is 13.9 Å². The van der Waals surface area contributed by atoms with Crippen LogP contribution in [0.5, 0.6) is 0 Å². The van der Waals surface area contributed by atoms with Crippen molar-refractivity contribution in [2.45, 2.75) is 46.0 Å². The Hall–Kier alpha value is -3.00. The van der Waals surface area contributed by atoms with Gasteiger partial charge in [0.25, 0.3) is 0 Å². The van der Waals surface area contributed by atoms with Crippen LogP contribution < -0.4 is 4.90 Å². The summed E-state index contributed by atoms with van der Waals surface area (Å²) in [5.41, 5.74) is 5.08. The number of esters is 1. The highest BCUT2D eigenvalue weighted by atomic mass is 35.5. The maximum absolute atomic E-state index is 14.3. The van der Waals surface area contributed by atoms with Crippen LogP contribution in [0, 0.1) is 5.82 Å². The van der Waals surface area contributed by atoms with Gasteiger partial charge >= 0.3 is 5.97 Å². The summed E-state index contributed by atoms with van der Waals surface area (Å²) in [5.74, 6) is 0.136. The average molecular weight is 537 g/mol. The van der Waals surface area contributed by atoms with E-state index in [4.69, 9.17) is 16.3 Å². The van der Waals surface area contributed by atoms with Gasteiger partial charge in [0.1, 0.15) is 17.2 Å². The first-order chi connectivity index (χ1) is 18.4. The molecule has 6 nitrogen and oxygen atoms in total. The summed E-state index contributed by atoms with van der Waals surface area (Å²) < 4.78 is 19.7. The van der Waals surface area contributed by atoms with Gasteiger partial charge in [-0.25, -0.2) is 14.2 Å². The maximum atomic E-state index is 14.3. The summed E-state index contributed by atoms with van der Waals surface area (Å²) in [7, 11) is 0. The molecular weight excluding hydrogens is 503 g/mol. The molecular formula is C30H34ClFN4O2. The van der Waals surface area contributed by atoms with Crippen molar-refractivity contribution in [1.82, 2.24) is 14.8 Å². The van der Waals surface area contributed by atoms with Crippen molar-refractivity contribution in [1.29, 1.82) is 0 Å². The van der Waals surface area contributed by atoms with Crippen molar-refractivity contribution in [3.63, 3.8) is 0 Å². The fraction of sp³-hybridized carbons (Fsp3) is 0.400. The lowest BCUT2D eigenvalue weighted by molar-refractivity contribution is 0.0378. The van der Waals surface area contributed by atoms with Crippen LogP contribution in [-0.4, -0.2) is 59.6 Å². The fourth-order valence-corrected chi connectivity index (χ4v) is 5.49. The van der Waals surface area contributed by atoms with Crippen LogP contribution in [0.3, 0.4) is 0 Å². The Labute approximate surface area is 229 Å². The van der Waals surface area contributed by atoms with E-state index in [9.17, 15) is 9.18 Å². The molecule has 2 aliphatic heterocycles. The van der Waals surface area contributed by atoms with Crippen LogP contribution in [0.2, 0.25) is 5.02 Å². The zero-order valence-corrected chi connectivity index (χ0v) is 22.8. The minimum absolute atomic E-state index is 0.169. The van der Waals surface area contributed by atoms with Gasteiger partial charge in [0, 0.05) is 69.1 Å². The number of ether oxygens (including phenoxy) is 1.